The fourth-order valence-electron chi connectivity index (χ4n) is 3.44. The number of nitrogens with one attached hydrogen (secondary N) is 3. The second-order valence-electron chi connectivity index (χ2n) is 8.88. The van der Waals surface area contributed by atoms with E-state index < -0.39 is 59.9 Å². The van der Waals surface area contributed by atoms with Crippen molar-refractivity contribution < 1.29 is 44.4 Å². The Balaban J connectivity index is 3.13. The number of phenols is 1. The third kappa shape index (κ3) is 11.5. The molecule has 5 unspecified atom stereocenters. The first-order valence-electron chi connectivity index (χ1n) is 12.1. The van der Waals surface area contributed by atoms with Crippen molar-refractivity contribution in [1.82, 2.24) is 16.0 Å². The molecule has 14 heteroatoms. The predicted molar refractivity (Wildman–Crippen MR) is 135 cm³/mol. The zero-order valence-corrected chi connectivity index (χ0v) is 21.1. The number of unbranched alkanes of at least 4 members (excludes halogenated alkanes) is 1. The molecule has 0 aliphatic heterocycles. The fraction of sp³-hybridized carbons (Fsp3) is 0.542. The third-order valence-corrected chi connectivity index (χ3v) is 5.64. The number of phenolic OH excluding ortho intramolecular Hbond substituents is 1. The number of nitrogens with two attached hydrogens (primary N) is 2. The number of rotatable bonds is 17. The normalized spacial score (nSPS) is 14.8. The highest BCUT2D eigenvalue weighted by Gasteiger charge is 2.32. The molecule has 3 amide bonds. The van der Waals surface area contributed by atoms with E-state index in [1.165, 1.54) is 31.2 Å². The molecule has 0 radical (unpaired) electrons. The van der Waals surface area contributed by atoms with Gasteiger partial charge in [-0.1, -0.05) is 12.1 Å². The van der Waals surface area contributed by atoms with Gasteiger partial charge >= 0.3 is 11.9 Å². The summed E-state index contributed by atoms with van der Waals surface area (Å²) in [5, 5.41) is 44.5. The van der Waals surface area contributed by atoms with Gasteiger partial charge in [-0.25, -0.2) is 4.79 Å². The smallest absolute Gasteiger partial charge is 0.328 e. The van der Waals surface area contributed by atoms with E-state index in [4.69, 9.17) is 16.6 Å². The molecule has 0 aromatic heterocycles. The lowest BCUT2D eigenvalue weighted by Gasteiger charge is -2.26. The molecule has 5 atom stereocenters. The number of hydrogen-bond acceptors (Lipinski definition) is 9. The summed E-state index contributed by atoms with van der Waals surface area (Å²) in [5.41, 5.74) is 11.8. The summed E-state index contributed by atoms with van der Waals surface area (Å²) < 4.78 is 0. The minimum Gasteiger partial charge on any atom is -0.508 e. The summed E-state index contributed by atoms with van der Waals surface area (Å²) in [4.78, 5) is 60.9. The number of aliphatic hydroxyl groups excluding tert-OH is 1. The highest BCUT2D eigenvalue weighted by Crippen LogP contribution is 2.12. The van der Waals surface area contributed by atoms with Crippen LogP contribution in [0.1, 0.15) is 44.6 Å². The molecule has 14 nitrogen and oxygen atoms in total. The average Bonchev–Trinajstić information content (AvgIpc) is 2.85. The van der Waals surface area contributed by atoms with Crippen LogP contribution < -0.4 is 27.4 Å². The number of aliphatic carboxylic acids is 2. The Morgan fingerprint density at radius 2 is 1.45 bits per heavy atom. The number of benzene rings is 1. The lowest BCUT2D eigenvalue weighted by atomic mass is 10.0. The lowest BCUT2D eigenvalue weighted by Crippen LogP contribution is -2.58. The lowest BCUT2D eigenvalue weighted by molar-refractivity contribution is -0.145. The number of carbonyl (C=O) groups is 5. The van der Waals surface area contributed by atoms with Crippen molar-refractivity contribution in [2.24, 2.45) is 11.5 Å². The van der Waals surface area contributed by atoms with Gasteiger partial charge in [-0.3, -0.25) is 19.2 Å². The average molecular weight is 540 g/mol. The molecule has 38 heavy (non-hydrogen) atoms. The Labute approximate surface area is 219 Å². The summed E-state index contributed by atoms with van der Waals surface area (Å²) in [5.74, 6) is -5.04. The van der Waals surface area contributed by atoms with E-state index in [2.05, 4.69) is 16.0 Å². The quantitative estimate of drug-likeness (QED) is 0.0995. The first-order valence-corrected chi connectivity index (χ1v) is 12.1. The minimum absolute atomic E-state index is 0.0165. The van der Waals surface area contributed by atoms with Crippen molar-refractivity contribution in [3.8, 4) is 5.75 Å². The molecular weight excluding hydrogens is 502 g/mol. The number of carbonyl (C=O) groups excluding carboxylic acids is 3. The van der Waals surface area contributed by atoms with Crippen LogP contribution in [0, 0.1) is 0 Å². The van der Waals surface area contributed by atoms with Crippen LogP contribution in [0.25, 0.3) is 0 Å². The van der Waals surface area contributed by atoms with Gasteiger partial charge < -0.3 is 47.8 Å². The zero-order valence-electron chi connectivity index (χ0n) is 21.1. The van der Waals surface area contributed by atoms with Gasteiger partial charge in [0, 0.05) is 12.8 Å². The van der Waals surface area contributed by atoms with Gasteiger partial charge in [0.15, 0.2) is 6.04 Å². The van der Waals surface area contributed by atoms with E-state index in [0.717, 1.165) is 0 Å². The minimum atomic E-state index is -1.61. The molecule has 0 fully saturated rings. The van der Waals surface area contributed by atoms with Gasteiger partial charge in [0.2, 0.25) is 17.7 Å². The molecule has 1 rings (SSSR count). The van der Waals surface area contributed by atoms with E-state index >= 15 is 0 Å². The fourth-order valence-corrected chi connectivity index (χ4v) is 3.44. The molecule has 0 bridgehead atoms. The summed E-state index contributed by atoms with van der Waals surface area (Å²) >= 11 is 0. The molecule has 0 saturated heterocycles. The van der Waals surface area contributed by atoms with E-state index in [9.17, 15) is 39.3 Å². The Morgan fingerprint density at radius 1 is 0.868 bits per heavy atom. The number of aromatic hydroxyl groups is 1. The van der Waals surface area contributed by atoms with Crippen LogP contribution >= 0.6 is 0 Å². The Morgan fingerprint density at radius 3 is 1.97 bits per heavy atom. The molecule has 0 heterocycles. The van der Waals surface area contributed by atoms with Crippen LogP contribution in [0.2, 0.25) is 0 Å². The third-order valence-electron chi connectivity index (χ3n) is 5.64. The molecule has 0 saturated carbocycles. The van der Waals surface area contributed by atoms with Gasteiger partial charge in [-0.2, -0.15) is 0 Å². The van der Waals surface area contributed by atoms with Gasteiger partial charge in [-0.05, 0) is 56.8 Å². The van der Waals surface area contributed by atoms with Crippen LogP contribution in [-0.2, 0) is 30.4 Å². The van der Waals surface area contributed by atoms with Crippen LogP contribution in [0.5, 0.6) is 5.75 Å². The van der Waals surface area contributed by atoms with E-state index in [1.807, 2.05) is 0 Å². The van der Waals surface area contributed by atoms with Crippen molar-refractivity contribution in [3.63, 3.8) is 0 Å². The summed E-state index contributed by atoms with van der Waals surface area (Å²) in [6.07, 6.45) is -0.979. The molecule has 0 spiro atoms. The molecule has 11 N–H and O–H groups in total. The van der Waals surface area contributed by atoms with Gasteiger partial charge in [0.05, 0.1) is 12.1 Å². The molecule has 1 aromatic carbocycles. The van der Waals surface area contributed by atoms with E-state index in [-0.39, 0.29) is 31.4 Å². The van der Waals surface area contributed by atoms with Crippen LogP contribution in [-0.4, -0.2) is 86.9 Å². The number of hydrogen-bond donors (Lipinski definition) is 9. The Hall–Kier alpha value is -3.75. The van der Waals surface area contributed by atoms with Gasteiger partial charge in [0.25, 0.3) is 0 Å². The second kappa shape index (κ2) is 16.2. The summed E-state index contributed by atoms with van der Waals surface area (Å²) in [7, 11) is 0. The van der Waals surface area contributed by atoms with Crippen molar-refractivity contribution in [2.45, 2.75) is 75.7 Å². The number of amides is 3. The van der Waals surface area contributed by atoms with Crippen LogP contribution in [0.4, 0.5) is 0 Å². The Bertz CT molecular complexity index is 955. The first kappa shape index (κ1) is 32.3. The predicted octanol–water partition coefficient (Wildman–Crippen LogP) is -1.82. The molecular formula is C24H37N5O9. The van der Waals surface area contributed by atoms with Crippen molar-refractivity contribution in [3.05, 3.63) is 29.8 Å². The first-order chi connectivity index (χ1) is 17.8. The molecule has 212 valence electrons. The summed E-state index contributed by atoms with van der Waals surface area (Å²) in [6, 6.07) is 0.527. The molecule has 0 aliphatic carbocycles. The van der Waals surface area contributed by atoms with Crippen LogP contribution in [0.3, 0.4) is 0 Å². The van der Waals surface area contributed by atoms with Crippen LogP contribution in [0.15, 0.2) is 24.3 Å². The van der Waals surface area contributed by atoms with Crippen molar-refractivity contribution in [2.75, 3.05) is 6.54 Å². The van der Waals surface area contributed by atoms with E-state index in [1.54, 1.807) is 0 Å². The molecule has 0 aliphatic rings. The van der Waals surface area contributed by atoms with Crippen molar-refractivity contribution in [1.29, 1.82) is 0 Å². The van der Waals surface area contributed by atoms with E-state index in [0.29, 0.717) is 24.9 Å². The largest absolute Gasteiger partial charge is 0.508 e. The SMILES string of the molecule is CC(O)C(NC(=O)C(CCCCN)NC(=O)C(Cc1ccc(O)cc1)NC(=O)C(N)CCC(=O)O)C(=O)O. The standard InChI is InChI=1S/C24H37N5O9/c1-13(30)20(24(37)38)29-22(35)17(4-2-3-11-25)27-23(36)18(12-14-5-7-15(31)8-6-14)28-21(34)16(26)9-10-19(32)33/h5-8,13,16-18,20,30-31H,2-4,9-12,25-26H2,1H3,(H,27,36)(H,28,34)(H,29,35)(H,32,33)(H,37,38). The van der Waals surface area contributed by atoms with Crippen molar-refractivity contribution >= 4 is 29.7 Å². The van der Waals surface area contributed by atoms with Gasteiger partial charge in [-0.15, -0.1) is 0 Å². The highest BCUT2D eigenvalue weighted by molar-refractivity contribution is 5.94. The number of aliphatic hydroxyl groups is 1. The zero-order chi connectivity index (χ0) is 28.8. The highest BCUT2D eigenvalue weighted by atomic mass is 16.4. The monoisotopic (exact) mass is 539 g/mol. The maximum Gasteiger partial charge on any atom is 0.328 e. The summed E-state index contributed by atoms with van der Waals surface area (Å²) in [6.45, 7) is 1.51. The number of carboxylic acids is 2. The second-order valence-corrected chi connectivity index (χ2v) is 8.88. The Kier molecular flexibility index (Phi) is 13.7. The molecule has 1 aromatic rings. The number of carboxylic acid groups (broad SMARTS) is 2. The van der Waals surface area contributed by atoms with Gasteiger partial charge in [0.1, 0.15) is 17.8 Å². The maximum absolute atomic E-state index is 13.3. The maximum atomic E-state index is 13.3. The topological polar surface area (TPSA) is 254 Å².